The summed E-state index contributed by atoms with van der Waals surface area (Å²) in [4.78, 5) is 0. The number of aromatic hydroxyl groups is 1. The first-order valence-corrected chi connectivity index (χ1v) is 7.69. The molecule has 1 rings (SSSR count). The van der Waals surface area contributed by atoms with E-state index in [-0.39, 0.29) is 11.8 Å². The van der Waals surface area contributed by atoms with Crippen molar-refractivity contribution >= 4 is 47.8 Å². The zero-order valence-corrected chi connectivity index (χ0v) is 14.0. The van der Waals surface area contributed by atoms with Crippen LogP contribution in [0.25, 0.3) is 0 Å². The Kier molecular flexibility index (Phi) is 6.44. The second-order valence-electron chi connectivity index (χ2n) is 3.81. The Morgan fingerprint density at radius 1 is 1.18 bits per heavy atom. The second kappa shape index (κ2) is 7.09. The Labute approximate surface area is 126 Å². The van der Waals surface area contributed by atoms with Crippen LogP contribution in [0.4, 0.5) is 0 Å². The van der Waals surface area contributed by atoms with Gasteiger partial charge in [-0.2, -0.15) is 0 Å². The molecule has 0 aliphatic rings. The number of rotatable bonds is 5. The first-order chi connectivity index (χ1) is 7.99. The van der Waals surface area contributed by atoms with Gasteiger partial charge in [-0.15, -0.1) is 0 Å². The lowest BCUT2D eigenvalue weighted by Crippen LogP contribution is -2.12. The van der Waals surface area contributed by atoms with Crippen LogP contribution in [0.2, 0.25) is 0 Å². The van der Waals surface area contributed by atoms with Gasteiger partial charge in [0.15, 0.2) is 0 Å². The molecule has 3 nitrogen and oxygen atoms in total. The van der Waals surface area contributed by atoms with E-state index in [0.717, 1.165) is 29.3 Å². The van der Waals surface area contributed by atoms with E-state index in [1.807, 2.05) is 0 Å². The fourth-order valence-electron chi connectivity index (χ4n) is 1.59. The maximum Gasteiger partial charge on any atom is 0.144 e. The molecule has 0 bridgehead atoms. The summed E-state index contributed by atoms with van der Waals surface area (Å²) in [6, 6.07) is 1.68. The molecule has 1 atom stereocenters. The number of phenols is 1. The van der Waals surface area contributed by atoms with Crippen molar-refractivity contribution in [3.63, 3.8) is 0 Å². The average molecular weight is 431 g/mol. The Hall–Kier alpha value is 0.380. The predicted octanol–water partition coefficient (Wildman–Crippen LogP) is 3.81. The van der Waals surface area contributed by atoms with Gasteiger partial charge in [-0.1, -0.05) is 22.4 Å². The molecular weight excluding hydrogens is 416 g/mol. The fourth-order valence-corrected chi connectivity index (χ4v) is 4.30. The van der Waals surface area contributed by atoms with Crippen LogP contribution in [0.1, 0.15) is 30.9 Å². The number of unbranched alkanes of at least 4 members (excludes halogenated alkanes) is 1. The maximum absolute atomic E-state index is 9.84. The minimum atomic E-state index is -0.121. The monoisotopic (exact) mass is 428 g/mol. The fraction of sp³-hybridized carbons (Fsp3) is 0.455. The minimum Gasteiger partial charge on any atom is -0.506 e. The summed E-state index contributed by atoms with van der Waals surface area (Å²) in [6.07, 6.45) is 2.79. The third-order valence-corrected chi connectivity index (χ3v) is 4.58. The lowest BCUT2D eigenvalue weighted by molar-refractivity contribution is 0.465. The van der Waals surface area contributed by atoms with E-state index in [1.165, 1.54) is 0 Å². The van der Waals surface area contributed by atoms with Crippen molar-refractivity contribution in [1.29, 1.82) is 0 Å². The van der Waals surface area contributed by atoms with Gasteiger partial charge < -0.3 is 16.6 Å². The minimum absolute atomic E-state index is 0.121. The second-order valence-corrected chi connectivity index (χ2v) is 6.31. The molecule has 96 valence electrons. The summed E-state index contributed by atoms with van der Waals surface area (Å²) >= 11 is 10.1. The van der Waals surface area contributed by atoms with Gasteiger partial charge in [0.1, 0.15) is 5.75 Å². The van der Waals surface area contributed by atoms with E-state index >= 15 is 0 Å². The number of phenolic OH excluding ortho intramolecular Hbond substituents is 1. The first kappa shape index (κ1) is 15.4. The molecule has 0 heterocycles. The number of hydrogen-bond acceptors (Lipinski definition) is 3. The van der Waals surface area contributed by atoms with Crippen molar-refractivity contribution in [2.24, 2.45) is 11.5 Å². The highest BCUT2D eigenvalue weighted by Gasteiger charge is 2.18. The first-order valence-electron chi connectivity index (χ1n) is 5.31. The quantitative estimate of drug-likeness (QED) is 0.622. The molecule has 0 amide bonds. The highest BCUT2D eigenvalue weighted by atomic mass is 79.9. The predicted molar refractivity (Wildman–Crippen MR) is 81.0 cm³/mol. The average Bonchev–Trinajstić information content (AvgIpc) is 2.26. The standard InChI is InChI=1S/C11H15Br3N2O/c12-6-5-7(13)11(17)10(14)9(6)8(16)3-1-2-4-15/h5,8,17H,1-4,15-16H2/t8-/m0/s1. The van der Waals surface area contributed by atoms with Gasteiger partial charge in [-0.3, -0.25) is 0 Å². The van der Waals surface area contributed by atoms with Crippen LogP contribution in [0.3, 0.4) is 0 Å². The number of hydrogen-bond donors (Lipinski definition) is 3. The van der Waals surface area contributed by atoms with Crippen LogP contribution in [0, 0.1) is 0 Å². The third kappa shape index (κ3) is 3.92. The van der Waals surface area contributed by atoms with Crippen LogP contribution in [0.15, 0.2) is 19.5 Å². The molecule has 0 saturated heterocycles. The van der Waals surface area contributed by atoms with E-state index < -0.39 is 0 Å². The normalized spacial score (nSPS) is 12.8. The summed E-state index contributed by atoms with van der Waals surface area (Å²) in [7, 11) is 0. The third-order valence-electron chi connectivity index (χ3n) is 2.52. The molecule has 0 spiro atoms. The summed E-state index contributed by atoms with van der Waals surface area (Å²) in [5, 5.41) is 9.84. The molecule has 17 heavy (non-hydrogen) atoms. The summed E-state index contributed by atoms with van der Waals surface area (Å²) in [5.41, 5.74) is 12.5. The number of halogens is 3. The lowest BCUT2D eigenvalue weighted by Gasteiger charge is -2.17. The molecule has 1 aromatic rings. The molecule has 0 aliphatic carbocycles. The van der Waals surface area contributed by atoms with Crippen LogP contribution < -0.4 is 11.5 Å². The van der Waals surface area contributed by atoms with Crippen molar-refractivity contribution in [2.45, 2.75) is 25.3 Å². The smallest absolute Gasteiger partial charge is 0.144 e. The number of nitrogens with two attached hydrogens (primary N) is 2. The molecule has 1 aromatic carbocycles. The summed E-state index contributed by atoms with van der Waals surface area (Å²) in [6.45, 7) is 0.681. The van der Waals surface area contributed by atoms with E-state index in [9.17, 15) is 5.11 Å². The molecule has 0 aliphatic heterocycles. The van der Waals surface area contributed by atoms with Gasteiger partial charge in [0.2, 0.25) is 0 Å². The Morgan fingerprint density at radius 3 is 2.41 bits per heavy atom. The van der Waals surface area contributed by atoms with Gasteiger partial charge in [0.05, 0.1) is 8.95 Å². The van der Waals surface area contributed by atoms with Crippen LogP contribution in [-0.2, 0) is 0 Å². The number of benzene rings is 1. The van der Waals surface area contributed by atoms with Gasteiger partial charge in [0, 0.05) is 16.1 Å². The largest absolute Gasteiger partial charge is 0.506 e. The Morgan fingerprint density at radius 2 is 1.82 bits per heavy atom. The van der Waals surface area contributed by atoms with E-state index in [0.29, 0.717) is 15.5 Å². The zero-order valence-electron chi connectivity index (χ0n) is 9.22. The summed E-state index contributed by atoms with van der Waals surface area (Å²) in [5.74, 6) is 0.178. The highest BCUT2D eigenvalue weighted by Crippen LogP contribution is 2.42. The van der Waals surface area contributed by atoms with Gasteiger partial charge >= 0.3 is 0 Å². The molecule has 5 N–H and O–H groups in total. The van der Waals surface area contributed by atoms with Crippen molar-refractivity contribution in [3.05, 3.63) is 25.0 Å². The van der Waals surface area contributed by atoms with Crippen molar-refractivity contribution in [3.8, 4) is 5.75 Å². The van der Waals surface area contributed by atoms with Crippen LogP contribution >= 0.6 is 47.8 Å². The van der Waals surface area contributed by atoms with Crippen molar-refractivity contribution < 1.29 is 5.11 Å². The molecule has 0 saturated carbocycles. The Balaban J connectivity index is 2.93. The van der Waals surface area contributed by atoms with Crippen LogP contribution in [0.5, 0.6) is 5.75 Å². The van der Waals surface area contributed by atoms with E-state index in [1.54, 1.807) is 6.07 Å². The van der Waals surface area contributed by atoms with Crippen LogP contribution in [-0.4, -0.2) is 11.7 Å². The SMILES string of the molecule is NCCCC[C@H](N)c1c(Br)cc(Br)c(O)c1Br. The highest BCUT2D eigenvalue weighted by molar-refractivity contribution is 9.11. The van der Waals surface area contributed by atoms with Crippen molar-refractivity contribution in [2.75, 3.05) is 6.54 Å². The van der Waals surface area contributed by atoms with E-state index in [4.69, 9.17) is 11.5 Å². The lowest BCUT2D eigenvalue weighted by atomic mass is 10.0. The molecular formula is C11H15Br3N2O. The van der Waals surface area contributed by atoms with E-state index in [2.05, 4.69) is 47.8 Å². The molecule has 0 radical (unpaired) electrons. The zero-order chi connectivity index (χ0) is 13.0. The van der Waals surface area contributed by atoms with Crippen molar-refractivity contribution in [1.82, 2.24) is 0 Å². The van der Waals surface area contributed by atoms with Gasteiger partial charge in [0.25, 0.3) is 0 Å². The Bertz CT molecular complexity index is 399. The van der Waals surface area contributed by atoms with Gasteiger partial charge in [-0.05, 0) is 57.3 Å². The topological polar surface area (TPSA) is 72.3 Å². The molecule has 0 fully saturated rings. The van der Waals surface area contributed by atoms with Gasteiger partial charge in [-0.25, -0.2) is 0 Å². The summed E-state index contributed by atoms with van der Waals surface area (Å²) < 4.78 is 2.16. The maximum atomic E-state index is 9.84. The molecule has 6 heteroatoms. The molecule has 0 aromatic heterocycles. The molecule has 0 unspecified atom stereocenters.